The van der Waals surface area contributed by atoms with E-state index >= 15 is 4.39 Å². The Labute approximate surface area is 195 Å². The van der Waals surface area contributed by atoms with Crippen molar-refractivity contribution in [2.45, 2.75) is 84.1 Å². The second-order valence-corrected chi connectivity index (χ2v) is 10.4. The largest absolute Gasteiger partial charge is 0.382 e. The molecule has 0 aliphatic heterocycles. The summed E-state index contributed by atoms with van der Waals surface area (Å²) in [6.45, 7) is 4.25. The molecule has 1 heterocycles. The first-order valence-corrected chi connectivity index (χ1v) is 12.3. The molecule has 1 fully saturated rings. The molecule has 0 unspecified atom stereocenters. The van der Waals surface area contributed by atoms with E-state index in [0.717, 1.165) is 79.6 Å². The van der Waals surface area contributed by atoms with Gasteiger partial charge < -0.3 is 15.6 Å². The lowest BCUT2D eigenvalue weighted by molar-refractivity contribution is 0.0909. The van der Waals surface area contributed by atoms with Crippen molar-refractivity contribution in [3.63, 3.8) is 0 Å². The number of rotatable bonds is 4. The van der Waals surface area contributed by atoms with Gasteiger partial charge in [0, 0.05) is 35.1 Å². The number of nitrogens with zero attached hydrogens (tertiary/aromatic N) is 1. The third-order valence-corrected chi connectivity index (χ3v) is 7.34. The number of benzene rings is 1. The lowest BCUT2D eigenvalue weighted by Crippen LogP contribution is -2.28. The fraction of sp³-hybridized carbons (Fsp3) is 0.556. The minimum atomic E-state index is -0.499. The third kappa shape index (κ3) is 4.37. The van der Waals surface area contributed by atoms with Gasteiger partial charge in [0.2, 0.25) is 0 Å². The molecule has 2 aromatic rings. The van der Waals surface area contributed by atoms with Gasteiger partial charge in [-0.1, -0.05) is 33.1 Å². The number of hydrogen-bond acceptors (Lipinski definition) is 4. The molecule has 5 rings (SSSR count). The van der Waals surface area contributed by atoms with Gasteiger partial charge in [-0.15, -0.1) is 0 Å². The highest BCUT2D eigenvalue weighted by atomic mass is 19.1. The molecule has 0 amide bonds. The molecular weight excluding hydrogens is 417 g/mol. The Morgan fingerprint density at radius 3 is 2.48 bits per heavy atom. The molecule has 1 saturated carbocycles. The topological polar surface area (TPSA) is 77.1 Å². The van der Waals surface area contributed by atoms with E-state index in [2.05, 4.69) is 29.5 Å². The second-order valence-electron chi connectivity index (χ2n) is 10.4. The van der Waals surface area contributed by atoms with Crippen LogP contribution in [-0.2, 0) is 19.3 Å². The molecule has 0 bridgehead atoms. The van der Waals surface area contributed by atoms with Crippen molar-refractivity contribution in [2.75, 3.05) is 12.4 Å². The molecule has 0 radical (unpaired) electrons. The molecule has 0 spiro atoms. The third-order valence-electron chi connectivity index (χ3n) is 7.34. The number of halogens is 1. The maximum absolute atomic E-state index is 15.1. The van der Waals surface area contributed by atoms with Gasteiger partial charge in [0.25, 0.3) is 0 Å². The molecule has 1 aromatic carbocycles. The Bertz CT molecular complexity index is 1060. The van der Waals surface area contributed by atoms with E-state index < -0.39 is 5.82 Å². The molecule has 1 aromatic heterocycles. The predicted octanol–water partition coefficient (Wildman–Crippen LogP) is 5.39. The monoisotopic (exact) mass is 453 g/mol. The predicted molar refractivity (Wildman–Crippen MR) is 130 cm³/mol. The molecule has 3 aliphatic rings. The van der Waals surface area contributed by atoms with Crippen LogP contribution in [0, 0.1) is 11.2 Å². The summed E-state index contributed by atoms with van der Waals surface area (Å²) >= 11 is 0. The number of aromatic nitrogens is 1. The molecule has 178 valence electrons. The zero-order chi connectivity index (χ0) is 23.8. The number of nitrogens with one attached hydrogen (secondary N) is 1. The highest BCUT2D eigenvalue weighted by Gasteiger charge is 2.39. The molecule has 3 N–H and O–H groups in total. The minimum Gasteiger partial charge on any atom is -0.382 e. The number of Topliss-reactive ketones (excluding diaryl/α,β-unsaturated/α-hetero) is 1. The molecule has 5 nitrogen and oxygen atoms in total. The van der Waals surface area contributed by atoms with Crippen LogP contribution in [0.15, 0.2) is 12.1 Å². The summed E-state index contributed by atoms with van der Waals surface area (Å²) in [5, 5.41) is 3.46. The smallest absolute Gasteiger partial charge is 0.165 e. The Balaban J connectivity index is 0.00000126. The zero-order valence-corrected chi connectivity index (χ0v) is 20.1. The fourth-order valence-corrected chi connectivity index (χ4v) is 5.98. The van der Waals surface area contributed by atoms with Crippen molar-refractivity contribution in [1.29, 1.82) is 0 Å². The molecule has 3 aliphatic carbocycles. The van der Waals surface area contributed by atoms with Crippen LogP contribution in [0.2, 0.25) is 0 Å². The lowest BCUT2D eigenvalue weighted by Gasteiger charge is -2.30. The van der Waals surface area contributed by atoms with E-state index in [1.54, 1.807) is 0 Å². The summed E-state index contributed by atoms with van der Waals surface area (Å²) in [7, 11) is 1.50. The van der Waals surface area contributed by atoms with E-state index in [1.807, 2.05) is 6.07 Å². The Morgan fingerprint density at radius 1 is 1.06 bits per heavy atom. The number of hydrogen-bond donors (Lipinski definition) is 2. The highest BCUT2D eigenvalue weighted by Crippen LogP contribution is 2.43. The number of nitrogens with two attached hydrogens (primary N) is 1. The van der Waals surface area contributed by atoms with Crippen molar-refractivity contribution in [1.82, 2.24) is 4.57 Å². The van der Waals surface area contributed by atoms with E-state index in [-0.39, 0.29) is 22.8 Å². The average Bonchev–Trinajstić information content (AvgIpc) is 3.35. The summed E-state index contributed by atoms with van der Waals surface area (Å²) in [5.74, 6) is -0.282. The minimum absolute atomic E-state index is 0.100. The van der Waals surface area contributed by atoms with Crippen molar-refractivity contribution >= 4 is 17.8 Å². The van der Waals surface area contributed by atoms with Crippen molar-refractivity contribution < 1.29 is 14.0 Å². The highest BCUT2D eigenvalue weighted by molar-refractivity contribution is 6.01. The van der Waals surface area contributed by atoms with Crippen molar-refractivity contribution in [2.24, 2.45) is 11.1 Å². The van der Waals surface area contributed by atoms with Crippen LogP contribution in [0.5, 0.6) is 0 Å². The number of carbonyl (C=O) groups is 2. The molecule has 0 saturated heterocycles. The number of aldehydes is 1. The summed E-state index contributed by atoms with van der Waals surface area (Å²) in [6.07, 6.45) is 10.5. The number of carbonyl (C=O) groups excluding carboxylic acids is 2. The zero-order valence-electron chi connectivity index (χ0n) is 20.1. The number of fused-ring (bicyclic) bond motifs is 3. The summed E-state index contributed by atoms with van der Waals surface area (Å²) < 4.78 is 17.3. The van der Waals surface area contributed by atoms with E-state index in [9.17, 15) is 9.59 Å². The van der Waals surface area contributed by atoms with Gasteiger partial charge in [-0.2, -0.15) is 0 Å². The number of ketones is 1. The van der Waals surface area contributed by atoms with Gasteiger partial charge >= 0.3 is 0 Å². The van der Waals surface area contributed by atoms with Gasteiger partial charge in [-0.05, 0) is 68.7 Å². The van der Waals surface area contributed by atoms with Crippen LogP contribution in [0.3, 0.4) is 0 Å². The van der Waals surface area contributed by atoms with E-state index in [0.29, 0.717) is 18.4 Å². The summed E-state index contributed by atoms with van der Waals surface area (Å²) in [5.41, 5.74) is 10.0. The molecule has 33 heavy (non-hydrogen) atoms. The SMILES string of the molecule is CC1(C)CC(=O)c2c3c(n(-c4cc(F)c(C=O)c(NC5CCCCC5)c4)c2C1)CCC3.CN. The van der Waals surface area contributed by atoms with Crippen LogP contribution >= 0.6 is 0 Å². The fourth-order valence-electron chi connectivity index (χ4n) is 5.98. The van der Waals surface area contributed by atoms with Gasteiger partial charge in [0.15, 0.2) is 12.1 Å². The van der Waals surface area contributed by atoms with Crippen LogP contribution in [0.25, 0.3) is 5.69 Å². The van der Waals surface area contributed by atoms with Crippen molar-refractivity contribution in [3.8, 4) is 5.69 Å². The van der Waals surface area contributed by atoms with Gasteiger partial charge in [-0.25, -0.2) is 4.39 Å². The average molecular weight is 454 g/mol. The first-order valence-electron chi connectivity index (χ1n) is 12.3. The van der Waals surface area contributed by atoms with E-state index in [4.69, 9.17) is 0 Å². The maximum atomic E-state index is 15.1. The quantitative estimate of drug-likeness (QED) is 0.608. The first-order chi connectivity index (χ1) is 15.9. The van der Waals surface area contributed by atoms with E-state index in [1.165, 1.54) is 19.5 Å². The Kier molecular flexibility index (Phi) is 6.76. The molecule has 0 atom stereocenters. The second kappa shape index (κ2) is 9.41. The van der Waals surface area contributed by atoms with Crippen LogP contribution in [0.1, 0.15) is 96.5 Å². The van der Waals surface area contributed by atoms with Crippen molar-refractivity contribution in [3.05, 3.63) is 46.0 Å². The summed E-state index contributed by atoms with van der Waals surface area (Å²) in [6, 6.07) is 3.67. The van der Waals surface area contributed by atoms with Crippen LogP contribution < -0.4 is 11.1 Å². The van der Waals surface area contributed by atoms with Gasteiger partial charge in [0.1, 0.15) is 5.82 Å². The molecular formula is C27H36FN3O2. The van der Waals surface area contributed by atoms with Gasteiger partial charge in [0.05, 0.1) is 11.3 Å². The van der Waals surface area contributed by atoms with Gasteiger partial charge in [-0.3, -0.25) is 9.59 Å². The van der Waals surface area contributed by atoms with Crippen LogP contribution in [0.4, 0.5) is 10.1 Å². The maximum Gasteiger partial charge on any atom is 0.165 e. The standard InChI is InChI=1S/C26H31FN2O2.CH5N/c1-26(2)13-23-25(24(31)14-26)18-9-6-10-22(18)29(23)17-11-20(27)19(15-30)21(12-17)28-16-7-4-3-5-8-16;1-2/h11-12,15-16,28H,3-10,13-14H2,1-2H3;2H2,1H3. The normalized spacial score (nSPS) is 19.4. The van der Waals surface area contributed by atoms with Crippen LogP contribution in [-0.4, -0.2) is 29.7 Å². The Hall–Kier alpha value is -2.47. The summed E-state index contributed by atoms with van der Waals surface area (Å²) in [4.78, 5) is 24.8. The Morgan fingerprint density at radius 2 is 1.79 bits per heavy atom. The first kappa shape index (κ1) is 23.7. The molecule has 6 heteroatoms. The number of anilines is 1. The lowest BCUT2D eigenvalue weighted by atomic mass is 9.75.